The van der Waals surface area contributed by atoms with E-state index in [2.05, 4.69) is 21.2 Å². The SMILES string of the molecule is CCNCc1ccoc1COc1ccc(F)cc1Br. The molecule has 1 N–H and O–H groups in total. The van der Waals surface area contributed by atoms with E-state index >= 15 is 0 Å². The Kier molecular flexibility index (Phi) is 4.99. The molecule has 102 valence electrons. The molecule has 0 aliphatic rings. The van der Waals surface area contributed by atoms with Crippen LogP contribution in [0.1, 0.15) is 18.2 Å². The van der Waals surface area contributed by atoms with E-state index in [-0.39, 0.29) is 5.82 Å². The molecule has 0 atom stereocenters. The van der Waals surface area contributed by atoms with Crippen molar-refractivity contribution in [1.29, 1.82) is 0 Å². The van der Waals surface area contributed by atoms with Gasteiger partial charge in [-0.1, -0.05) is 6.92 Å². The Morgan fingerprint density at radius 1 is 1.37 bits per heavy atom. The second kappa shape index (κ2) is 6.73. The van der Waals surface area contributed by atoms with Crippen LogP contribution in [-0.4, -0.2) is 6.54 Å². The third-order valence-corrected chi connectivity index (χ3v) is 3.28. The number of halogens is 2. The quantitative estimate of drug-likeness (QED) is 0.874. The first-order valence-electron chi connectivity index (χ1n) is 6.04. The van der Waals surface area contributed by atoms with Gasteiger partial charge in [0.05, 0.1) is 10.7 Å². The lowest BCUT2D eigenvalue weighted by atomic mass is 10.2. The lowest BCUT2D eigenvalue weighted by Gasteiger charge is -2.08. The predicted molar refractivity (Wildman–Crippen MR) is 74.5 cm³/mol. The summed E-state index contributed by atoms with van der Waals surface area (Å²) in [7, 11) is 0. The van der Waals surface area contributed by atoms with Crippen molar-refractivity contribution in [1.82, 2.24) is 5.32 Å². The summed E-state index contributed by atoms with van der Waals surface area (Å²) in [5, 5.41) is 3.23. The molecule has 0 spiro atoms. The van der Waals surface area contributed by atoms with Gasteiger partial charge >= 0.3 is 0 Å². The average molecular weight is 328 g/mol. The largest absolute Gasteiger partial charge is 0.484 e. The molecule has 2 rings (SSSR count). The molecule has 1 aromatic carbocycles. The molecule has 0 unspecified atom stereocenters. The topological polar surface area (TPSA) is 34.4 Å². The summed E-state index contributed by atoms with van der Waals surface area (Å²) >= 11 is 3.26. The number of rotatable bonds is 6. The highest BCUT2D eigenvalue weighted by Crippen LogP contribution is 2.26. The van der Waals surface area contributed by atoms with Gasteiger partial charge in [0.2, 0.25) is 0 Å². The molecular weight excluding hydrogens is 313 g/mol. The molecule has 0 bridgehead atoms. The highest BCUT2D eigenvalue weighted by atomic mass is 79.9. The summed E-state index contributed by atoms with van der Waals surface area (Å²) in [6.45, 7) is 4.01. The van der Waals surface area contributed by atoms with E-state index in [4.69, 9.17) is 9.15 Å². The predicted octanol–water partition coefficient (Wildman–Crippen LogP) is 3.87. The zero-order valence-electron chi connectivity index (χ0n) is 10.6. The fourth-order valence-electron chi connectivity index (χ4n) is 1.65. The van der Waals surface area contributed by atoms with Gasteiger partial charge in [0.25, 0.3) is 0 Å². The minimum absolute atomic E-state index is 0.301. The third-order valence-electron chi connectivity index (χ3n) is 2.66. The van der Waals surface area contributed by atoms with E-state index in [0.29, 0.717) is 16.8 Å². The smallest absolute Gasteiger partial charge is 0.146 e. The van der Waals surface area contributed by atoms with Gasteiger partial charge in [-0.2, -0.15) is 0 Å². The molecule has 19 heavy (non-hydrogen) atoms. The molecule has 0 radical (unpaired) electrons. The molecule has 3 nitrogen and oxygen atoms in total. The molecular formula is C14H15BrFNO2. The van der Waals surface area contributed by atoms with Gasteiger partial charge in [-0.05, 0) is 46.7 Å². The lowest BCUT2D eigenvalue weighted by Crippen LogP contribution is -2.12. The second-order valence-electron chi connectivity index (χ2n) is 4.01. The first kappa shape index (κ1) is 14.1. The minimum atomic E-state index is -0.301. The summed E-state index contributed by atoms with van der Waals surface area (Å²) in [4.78, 5) is 0. The summed E-state index contributed by atoms with van der Waals surface area (Å²) < 4.78 is 24.6. The van der Waals surface area contributed by atoms with Crippen LogP contribution >= 0.6 is 15.9 Å². The fraction of sp³-hybridized carbons (Fsp3) is 0.286. The van der Waals surface area contributed by atoms with E-state index in [0.717, 1.165) is 24.4 Å². The average Bonchev–Trinajstić information content (AvgIpc) is 2.83. The van der Waals surface area contributed by atoms with Gasteiger partial charge in [0.15, 0.2) is 0 Å². The number of nitrogens with one attached hydrogen (secondary N) is 1. The highest BCUT2D eigenvalue weighted by molar-refractivity contribution is 9.10. The Balaban J connectivity index is 2.00. The van der Waals surface area contributed by atoms with Crippen LogP contribution in [0.15, 0.2) is 39.4 Å². The zero-order valence-corrected chi connectivity index (χ0v) is 12.2. The first-order valence-corrected chi connectivity index (χ1v) is 6.83. The maximum absolute atomic E-state index is 13.0. The zero-order chi connectivity index (χ0) is 13.7. The van der Waals surface area contributed by atoms with Gasteiger partial charge in [0, 0.05) is 12.1 Å². The Hall–Kier alpha value is -1.33. The van der Waals surface area contributed by atoms with Gasteiger partial charge in [-0.25, -0.2) is 4.39 Å². The van der Waals surface area contributed by atoms with E-state index in [1.54, 1.807) is 12.3 Å². The molecule has 0 saturated carbocycles. The van der Waals surface area contributed by atoms with Crippen LogP contribution in [0.2, 0.25) is 0 Å². The molecule has 0 fully saturated rings. The van der Waals surface area contributed by atoms with Crippen molar-refractivity contribution in [3.63, 3.8) is 0 Å². The van der Waals surface area contributed by atoms with Gasteiger partial charge in [-0.15, -0.1) is 0 Å². The van der Waals surface area contributed by atoms with Crippen LogP contribution in [-0.2, 0) is 13.2 Å². The Bertz CT molecular complexity index is 542. The summed E-state index contributed by atoms with van der Waals surface area (Å²) in [5.41, 5.74) is 1.07. The van der Waals surface area contributed by atoms with E-state index in [1.807, 2.05) is 13.0 Å². The van der Waals surface area contributed by atoms with Crippen molar-refractivity contribution in [2.24, 2.45) is 0 Å². The molecule has 1 aromatic heterocycles. The van der Waals surface area contributed by atoms with Crippen molar-refractivity contribution in [2.45, 2.75) is 20.1 Å². The molecule has 5 heteroatoms. The monoisotopic (exact) mass is 327 g/mol. The molecule has 0 amide bonds. The van der Waals surface area contributed by atoms with Gasteiger partial charge < -0.3 is 14.5 Å². The van der Waals surface area contributed by atoms with Crippen LogP contribution in [0, 0.1) is 5.82 Å². The van der Waals surface area contributed by atoms with Gasteiger partial charge in [0.1, 0.15) is 23.9 Å². The maximum Gasteiger partial charge on any atom is 0.146 e. The number of hydrogen-bond donors (Lipinski definition) is 1. The van der Waals surface area contributed by atoms with Crippen LogP contribution in [0.5, 0.6) is 5.75 Å². The lowest BCUT2D eigenvalue weighted by molar-refractivity contribution is 0.266. The van der Waals surface area contributed by atoms with Crippen molar-refractivity contribution in [3.8, 4) is 5.75 Å². The van der Waals surface area contributed by atoms with Crippen LogP contribution in [0.3, 0.4) is 0 Å². The van der Waals surface area contributed by atoms with Crippen LogP contribution in [0.4, 0.5) is 4.39 Å². The normalized spacial score (nSPS) is 10.7. The number of ether oxygens (including phenoxy) is 1. The van der Waals surface area contributed by atoms with E-state index in [9.17, 15) is 4.39 Å². The Morgan fingerprint density at radius 2 is 2.21 bits per heavy atom. The van der Waals surface area contributed by atoms with Crippen LogP contribution < -0.4 is 10.1 Å². The van der Waals surface area contributed by atoms with E-state index in [1.165, 1.54) is 12.1 Å². The van der Waals surface area contributed by atoms with E-state index < -0.39 is 0 Å². The second-order valence-corrected chi connectivity index (χ2v) is 4.87. The first-order chi connectivity index (χ1) is 9.20. The number of hydrogen-bond acceptors (Lipinski definition) is 3. The standard InChI is InChI=1S/C14H15BrFNO2/c1-2-17-8-10-5-6-18-14(10)9-19-13-4-3-11(16)7-12(13)15/h3-7,17H,2,8-9H2,1H3. The molecule has 0 aliphatic heterocycles. The fourth-order valence-corrected chi connectivity index (χ4v) is 2.11. The number of benzene rings is 1. The van der Waals surface area contributed by atoms with Crippen molar-refractivity contribution >= 4 is 15.9 Å². The summed E-state index contributed by atoms with van der Waals surface area (Å²) in [5.74, 6) is 1.06. The summed E-state index contributed by atoms with van der Waals surface area (Å²) in [6.07, 6.45) is 1.64. The van der Waals surface area contributed by atoms with Crippen molar-refractivity contribution in [2.75, 3.05) is 6.54 Å². The van der Waals surface area contributed by atoms with Crippen LogP contribution in [0.25, 0.3) is 0 Å². The Morgan fingerprint density at radius 3 is 2.95 bits per heavy atom. The summed E-state index contributed by atoms with van der Waals surface area (Å²) in [6, 6.07) is 6.24. The Labute approximate surface area is 119 Å². The number of furan rings is 1. The minimum Gasteiger partial charge on any atom is -0.484 e. The highest BCUT2D eigenvalue weighted by Gasteiger charge is 2.08. The molecule has 0 aliphatic carbocycles. The molecule has 1 heterocycles. The third kappa shape index (κ3) is 3.81. The molecule has 2 aromatic rings. The molecule has 0 saturated heterocycles. The van der Waals surface area contributed by atoms with Crippen molar-refractivity contribution < 1.29 is 13.5 Å². The van der Waals surface area contributed by atoms with Gasteiger partial charge in [-0.3, -0.25) is 0 Å². The van der Waals surface area contributed by atoms with Crippen molar-refractivity contribution in [3.05, 3.63) is 52.1 Å². The maximum atomic E-state index is 13.0.